The predicted octanol–water partition coefficient (Wildman–Crippen LogP) is 3.84. The van der Waals surface area contributed by atoms with Gasteiger partial charge in [-0.25, -0.2) is 9.59 Å². The molecule has 0 unspecified atom stereocenters. The zero-order valence-electron chi connectivity index (χ0n) is 19.4. The molecule has 3 rings (SSSR count). The normalized spacial score (nSPS) is 11.5. The Morgan fingerprint density at radius 2 is 1.85 bits per heavy atom. The molecule has 2 aromatic heterocycles. The lowest BCUT2D eigenvalue weighted by atomic mass is 10.1. The van der Waals surface area contributed by atoms with E-state index < -0.39 is 17.5 Å². The van der Waals surface area contributed by atoms with Crippen LogP contribution in [0, 0.1) is 0 Å². The van der Waals surface area contributed by atoms with Gasteiger partial charge >= 0.3 is 11.9 Å². The summed E-state index contributed by atoms with van der Waals surface area (Å²) in [5, 5.41) is 11.6. The molecule has 0 aliphatic rings. The Labute approximate surface area is 197 Å². The Kier molecular flexibility index (Phi) is 7.55. The predicted molar refractivity (Wildman–Crippen MR) is 124 cm³/mol. The van der Waals surface area contributed by atoms with E-state index in [1.807, 2.05) is 19.1 Å². The maximum Gasteiger partial charge on any atom is 0.355 e. The minimum absolute atomic E-state index is 0.262. The van der Waals surface area contributed by atoms with Gasteiger partial charge in [-0.2, -0.15) is 0 Å². The number of ether oxygens (including phenoxy) is 2. The van der Waals surface area contributed by atoms with Gasteiger partial charge in [0.05, 0.1) is 18.4 Å². The number of hydrogen-bond donors (Lipinski definition) is 2. The number of benzene rings is 1. The number of nitrogens with zero attached hydrogens (tertiary/aromatic N) is 3. The number of rotatable bonds is 8. The lowest BCUT2D eigenvalue weighted by molar-refractivity contribution is 0.00622. The van der Waals surface area contributed by atoms with Gasteiger partial charge in [0, 0.05) is 23.8 Å². The minimum Gasteiger partial charge on any atom is -0.465 e. The van der Waals surface area contributed by atoms with E-state index in [-0.39, 0.29) is 12.2 Å². The van der Waals surface area contributed by atoms with Gasteiger partial charge in [0.1, 0.15) is 23.9 Å². The Morgan fingerprint density at radius 3 is 2.45 bits per heavy atom. The molecule has 0 spiro atoms. The van der Waals surface area contributed by atoms with Crippen LogP contribution >= 0.6 is 11.6 Å². The van der Waals surface area contributed by atoms with Crippen molar-refractivity contribution in [2.45, 2.75) is 52.8 Å². The molecule has 9 nitrogen and oxygen atoms in total. The molecule has 0 atom stereocenters. The smallest absolute Gasteiger partial charge is 0.355 e. The molecule has 0 saturated heterocycles. The minimum atomic E-state index is -0.664. The van der Waals surface area contributed by atoms with Crippen LogP contribution in [0.15, 0.2) is 30.9 Å². The molecule has 0 radical (unpaired) electrons. The van der Waals surface area contributed by atoms with Crippen molar-refractivity contribution in [2.24, 2.45) is 0 Å². The molecule has 0 bridgehead atoms. The van der Waals surface area contributed by atoms with Crippen molar-refractivity contribution in [3.05, 3.63) is 64.0 Å². The highest BCUT2D eigenvalue weighted by atomic mass is 35.5. The highest BCUT2D eigenvalue weighted by Crippen LogP contribution is 2.24. The van der Waals surface area contributed by atoms with Crippen LogP contribution in [0.25, 0.3) is 5.69 Å². The fraction of sp³-hybridized carbons (Fsp3) is 0.391. The zero-order valence-corrected chi connectivity index (χ0v) is 20.1. The summed E-state index contributed by atoms with van der Waals surface area (Å²) >= 11 is 6.20. The highest BCUT2D eigenvalue weighted by molar-refractivity contribution is 6.30. The summed E-state index contributed by atoms with van der Waals surface area (Å²) in [6.07, 6.45) is 3.67. The Bertz CT molecular complexity index is 1130. The molecule has 176 valence electrons. The Balaban J connectivity index is 1.88. The molecule has 2 N–H and O–H groups in total. The highest BCUT2D eigenvalue weighted by Gasteiger charge is 2.28. The second-order valence-electron chi connectivity index (χ2n) is 8.42. The van der Waals surface area contributed by atoms with Crippen LogP contribution in [0.3, 0.4) is 0 Å². The first-order valence-electron chi connectivity index (χ1n) is 10.5. The largest absolute Gasteiger partial charge is 0.465 e. The van der Waals surface area contributed by atoms with Gasteiger partial charge in [0.25, 0.3) is 0 Å². The van der Waals surface area contributed by atoms with Crippen LogP contribution < -0.4 is 5.32 Å². The maximum absolute atomic E-state index is 12.8. The van der Waals surface area contributed by atoms with Crippen LogP contribution in [0.1, 0.15) is 65.4 Å². The van der Waals surface area contributed by atoms with Crippen molar-refractivity contribution >= 4 is 23.5 Å². The lowest BCUT2D eigenvalue weighted by Crippen LogP contribution is -2.24. The van der Waals surface area contributed by atoms with E-state index in [0.717, 1.165) is 11.3 Å². The van der Waals surface area contributed by atoms with E-state index in [0.29, 0.717) is 34.8 Å². The zero-order chi connectivity index (χ0) is 24.2. The topological polar surface area (TPSA) is 111 Å². The molecular weight excluding hydrogens is 446 g/mol. The SMILES string of the molecule is CCc1c(C(=O)OC(C)(C)C)[nH]c(CNCc2cc(Cl)ccc2-n2cnnc2)c1C(=O)OC. The molecule has 0 aliphatic heterocycles. The first-order valence-corrected chi connectivity index (χ1v) is 10.9. The first-order chi connectivity index (χ1) is 15.6. The molecule has 2 heterocycles. The van der Waals surface area contributed by atoms with Gasteiger partial charge < -0.3 is 19.8 Å². The molecule has 33 heavy (non-hydrogen) atoms. The van der Waals surface area contributed by atoms with Gasteiger partial charge in [0.2, 0.25) is 0 Å². The van der Waals surface area contributed by atoms with E-state index >= 15 is 0 Å². The third-order valence-electron chi connectivity index (χ3n) is 4.88. The van der Waals surface area contributed by atoms with Crippen LogP contribution in [0.4, 0.5) is 0 Å². The summed E-state index contributed by atoms with van der Waals surface area (Å²) in [5.74, 6) is -1.02. The summed E-state index contributed by atoms with van der Waals surface area (Å²) < 4.78 is 12.3. The van der Waals surface area contributed by atoms with E-state index in [1.54, 1.807) is 44.1 Å². The van der Waals surface area contributed by atoms with Crippen molar-refractivity contribution in [3.63, 3.8) is 0 Å². The molecule has 0 saturated carbocycles. The van der Waals surface area contributed by atoms with Crippen molar-refractivity contribution in [1.82, 2.24) is 25.1 Å². The van der Waals surface area contributed by atoms with E-state index in [9.17, 15) is 9.59 Å². The summed E-state index contributed by atoms with van der Waals surface area (Å²) in [6, 6.07) is 5.53. The number of hydrogen-bond acceptors (Lipinski definition) is 7. The maximum atomic E-state index is 12.8. The number of carbonyl (C=O) groups excluding carboxylic acids is 2. The number of aromatic nitrogens is 4. The van der Waals surface area contributed by atoms with Gasteiger partial charge in [0.15, 0.2) is 0 Å². The molecule has 0 aliphatic carbocycles. The van der Waals surface area contributed by atoms with Crippen molar-refractivity contribution in [2.75, 3.05) is 7.11 Å². The number of H-pyrrole nitrogens is 1. The Morgan fingerprint density at radius 1 is 1.15 bits per heavy atom. The first kappa shape index (κ1) is 24.5. The van der Waals surface area contributed by atoms with Crippen LogP contribution in [0.5, 0.6) is 0 Å². The van der Waals surface area contributed by atoms with Gasteiger partial charge in [-0.3, -0.25) is 4.57 Å². The standard InChI is InChI=1S/C23H28ClN5O4/c1-6-16-19(21(30)32-5)17(28-20(16)22(31)33-23(2,3)4)11-25-10-14-9-15(24)7-8-18(14)29-12-26-27-13-29/h7-9,12-13,25,28H,6,10-11H2,1-5H3. The molecule has 3 aromatic rings. The second kappa shape index (κ2) is 10.2. The van der Waals surface area contributed by atoms with Gasteiger partial charge in [-0.15, -0.1) is 10.2 Å². The summed E-state index contributed by atoms with van der Waals surface area (Å²) in [7, 11) is 1.32. The molecule has 10 heteroatoms. The summed E-state index contributed by atoms with van der Waals surface area (Å²) in [5.41, 5.74) is 2.85. The number of nitrogens with one attached hydrogen (secondary N) is 2. The third-order valence-corrected chi connectivity index (χ3v) is 5.12. The number of carbonyl (C=O) groups is 2. The number of halogens is 1. The number of esters is 2. The summed E-state index contributed by atoms with van der Waals surface area (Å²) in [4.78, 5) is 28.4. The van der Waals surface area contributed by atoms with Crippen LogP contribution in [-0.4, -0.2) is 44.4 Å². The van der Waals surface area contributed by atoms with Gasteiger partial charge in [-0.05, 0) is 56.5 Å². The average Bonchev–Trinajstić information content (AvgIpc) is 3.40. The van der Waals surface area contributed by atoms with E-state index in [1.165, 1.54) is 7.11 Å². The molecule has 0 amide bonds. The monoisotopic (exact) mass is 473 g/mol. The van der Waals surface area contributed by atoms with E-state index in [4.69, 9.17) is 21.1 Å². The van der Waals surface area contributed by atoms with E-state index in [2.05, 4.69) is 20.5 Å². The quantitative estimate of drug-likeness (QED) is 0.478. The molecular formula is C23H28ClN5O4. The average molecular weight is 474 g/mol. The van der Waals surface area contributed by atoms with Gasteiger partial charge in [-0.1, -0.05) is 18.5 Å². The fourth-order valence-electron chi connectivity index (χ4n) is 3.53. The molecule has 0 fully saturated rings. The van der Waals surface area contributed by atoms with Crippen molar-refractivity contribution < 1.29 is 19.1 Å². The molecule has 1 aromatic carbocycles. The number of methoxy groups -OCH3 is 1. The van der Waals surface area contributed by atoms with Crippen molar-refractivity contribution in [1.29, 1.82) is 0 Å². The Hall–Kier alpha value is -3.17. The third kappa shape index (κ3) is 5.80. The number of aromatic amines is 1. The second-order valence-corrected chi connectivity index (χ2v) is 8.86. The fourth-order valence-corrected chi connectivity index (χ4v) is 3.72. The lowest BCUT2D eigenvalue weighted by Gasteiger charge is -2.19. The van der Waals surface area contributed by atoms with Crippen LogP contribution in [-0.2, 0) is 29.0 Å². The summed E-state index contributed by atoms with van der Waals surface area (Å²) in [6.45, 7) is 7.98. The van der Waals surface area contributed by atoms with Crippen molar-refractivity contribution in [3.8, 4) is 5.69 Å². The van der Waals surface area contributed by atoms with Crippen LogP contribution in [0.2, 0.25) is 5.02 Å².